The predicted octanol–water partition coefficient (Wildman–Crippen LogP) is 3.83. The van der Waals surface area contributed by atoms with Crippen LogP contribution in [0.3, 0.4) is 0 Å². The van der Waals surface area contributed by atoms with Crippen LogP contribution >= 0.6 is 0 Å². The molecule has 0 N–H and O–H groups in total. The van der Waals surface area contributed by atoms with Crippen LogP contribution in [0.5, 0.6) is 0 Å². The molecule has 0 amide bonds. The van der Waals surface area contributed by atoms with E-state index < -0.39 is 37.0 Å². The van der Waals surface area contributed by atoms with E-state index in [1.165, 1.54) is 0 Å². The maximum Gasteiger partial charge on any atom is 0.403 e. The number of rotatable bonds is 4. The Morgan fingerprint density at radius 3 is 1.44 bits per heavy atom. The van der Waals surface area contributed by atoms with E-state index in [9.17, 15) is 43.9 Å². The van der Waals surface area contributed by atoms with Crippen molar-refractivity contribution in [3.63, 3.8) is 0 Å². The molecule has 0 aromatic rings. The summed E-state index contributed by atoms with van der Waals surface area (Å²) in [4.78, 5) is 0. The van der Waals surface area contributed by atoms with Crippen molar-refractivity contribution in [3.05, 3.63) is 6.43 Å². The standard InChI is InChI=1S/C6H3F10/c7-1-4(10,11)5(12,13)2(3(8)9)6(14,15)16/h2H,1H2. The van der Waals surface area contributed by atoms with Gasteiger partial charge < -0.3 is 0 Å². The molecule has 0 rings (SSSR count). The molecule has 0 aromatic carbocycles. The van der Waals surface area contributed by atoms with Crippen LogP contribution in [0.1, 0.15) is 0 Å². The van der Waals surface area contributed by atoms with E-state index in [-0.39, 0.29) is 0 Å². The molecule has 10 heteroatoms. The first-order valence-corrected chi connectivity index (χ1v) is 3.44. The average Bonchev–Trinajstić information content (AvgIpc) is 1.99. The van der Waals surface area contributed by atoms with Crippen molar-refractivity contribution >= 4 is 0 Å². The molecule has 1 radical (unpaired) electrons. The van der Waals surface area contributed by atoms with Crippen molar-refractivity contribution in [2.24, 2.45) is 5.92 Å². The van der Waals surface area contributed by atoms with Gasteiger partial charge in [0.25, 0.3) is 0 Å². The molecule has 0 nitrogen and oxygen atoms in total. The Hall–Kier alpha value is -0.700. The fourth-order valence-corrected chi connectivity index (χ4v) is 0.767. The Labute approximate surface area is 82.2 Å². The Morgan fingerprint density at radius 2 is 1.25 bits per heavy atom. The number of halogens is 10. The van der Waals surface area contributed by atoms with E-state index in [0.29, 0.717) is 0 Å². The monoisotopic (exact) mass is 265 g/mol. The fraction of sp³-hybridized carbons (Fsp3) is 0.833. The lowest BCUT2D eigenvalue weighted by Crippen LogP contribution is -2.54. The van der Waals surface area contributed by atoms with Gasteiger partial charge in [0.05, 0.1) is 0 Å². The van der Waals surface area contributed by atoms with Gasteiger partial charge in [-0.05, 0) is 0 Å². The first kappa shape index (κ1) is 15.3. The smallest absolute Gasteiger partial charge is 0.244 e. The highest BCUT2D eigenvalue weighted by molar-refractivity contribution is 5.00. The van der Waals surface area contributed by atoms with E-state index in [0.717, 1.165) is 0 Å². The van der Waals surface area contributed by atoms with E-state index in [4.69, 9.17) is 0 Å². The third-order valence-corrected chi connectivity index (χ3v) is 1.56. The Morgan fingerprint density at radius 1 is 0.875 bits per heavy atom. The Balaban J connectivity index is 5.38. The fourth-order valence-electron chi connectivity index (χ4n) is 0.767. The lowest BCUT2D eigenvalue weighted by atomic mass is 9.96. The minimum Gasteiger partial charge on any atom is -0.244 e. The lowest BCUT2D eigenvalue weighted by molar-refractivity contribution is -0.314. The van der Waals surface area contributed by atoms with Gasteiger partial charge in [0.15, 0.2) is 12.6 Å². The summed E-state index contributed by atoms with van der Waals surface area (Å²) in [6.45, 7) is -3.18. The first-order valence-electron chi connectivity index (χ1n) is 3.44. The molecule has 97 valence electrons. The van der Waals surface area contributed by atoms with E-state index >= 15 is 0 Å². The van der Waals surface area contributed by atoms with Crippen molar-refractivity contribution in [2.75, 3.05) is 6.67 Å². The molecular formula is C6H3F10. The number of alkyl halides is 8. The van der Waals surface area contributed by atoms with Crippen LogP contribution in [0.4, 0.5) is 43.9 Å². The number of hydrogen-bond donors (Lipinski definition) is 0. The molecule has 0 heterocycles. The highest BCUT2D eigenvalue weighted by atomic mass is 19.4. The van der Waals surface area contributed by atoms with Crippen LogP contribution in [-0.4, -0.2) is 24.7 Å². The van der Waals surface area contributed by atoms with Crippen molar-refractivity contribution in [2.45, 2.75) is 18.0 Å². The normalized spacial score (nSPS) is 16.7. The molecule has 0 saturated heterocycles. The minimum atomic E-state index is -6.30. The van der Waals surface area contributed by atoms with Gasteiger partial charge in [-0.1, -0.05) is 0 Å². The molecule has 0 aliphatic carbocycles. The summed E-state index contributed by atoms with van der Waals surface area (Å²) in [5.41, 5.74) is 0. The van der Waals surface area contributed by atoms with E-state index in [1.54, 1.807) is 0 Å². The summed E-state index contributed by atoms with van der Waals surface area (Å²) in [5.74, 6) is -17.1. The second-order valence-corrected chi connectivity index (χ2v) is 2.73. The molecule has 0 spiro atoms. The van der Waals surface area contributed by atoms with Gasteiger partial charge in [-0.2, -0.15) is 39.5 Å². The molecule has 0 saturated carbocycles. The van der Waals surface area contributed by atoms with Crippen LogP contribution in [-0.2, 0) is 0 Å². The van der Waals surface area contributed by atoms with Crippen molar-refractivity contribution in [1.82, 2.24) is 0 Å². The van der Waals surface area contributed by atoms with Crippen molar-refractivity contribution in [1.29, 1.82) is 0 Å². The minimum absolute atomic E-state index is 3.18. The van der Waals surface area contributed by atoms with Gasteiger partial charge in [0.2, 0.25) is 0 Å². The molecule has 0 aromatic heterocycles. The second kappa shape index (κ2) is 4.28. The second-order valence-electron chi connectivity index (χ2n) is 2.73. The maximum atomic E-state index is 12.4. The van der Waals surface area contributed by atoms with Gasteiger partial charge in [-0.25, -0.2) is 4.39 Å². The maximum absolute atomic E-state index is 12.4. The summed E-state index contributed by atoms with van der Waals surface area (Å²) in [6, 6.07) is 0. The summed E-state index contributed by atoms with van der Waals surface area (Å²) in [5, 5.41) is 0. The summed E-state index contributed by atoms with van der Waals surface area (Å²) >= 11 is 0. The van der Waals surface area contributed by atoms with Crippen LogP contribution in [0.25, 0.3) is 0 Å². The van der Waals surface area contributed by atoms with Gasteiger partial charge in [-0.3, -0.25) is 0 Å². The van der Waals surface area contributed by atoms with E-state index in [2.05, 4.69) is 0 Å². The first-order chi connectivity index (χ1) is 6.88. The van der Waals surface area contributed by atoms with Gasteiger partial charge >= 0.3 is 24.4 Å². The van der Waals surface area contributed by atoms with Crippen LogP contribution in [0.15, 0.2) is 0 Å². The van der Waals surface area contributed by atoms with Crippen LogP contribution in [0, 0.1) is 12.3 Å². The van der Waals surface area contributed by atoms with Gasteiger partial charge in [0, 0.05) is 0 Å². The largest absolute Gasteiger partial charge is 0.403 e. The van der Waals surface area contributed by atoms with Gasteiger partial charge in [-0.15, -0.1) is 0 Å². The number of hydrogen-bond acceptors (Lipinski definition) is 0. The molecule has 16 heavy (non-hydrogen) atoms. The molecule has 1 atom stereocenters. The van der Waals surface area contributed by atoms with Crippen molar-refractivity contribution < 1.29 is 43.9 Å². The third-order valence-electron chi connectivity index (χ3n) is 1.56. The molecule has 1 unspecified atom stereocenters. The van der Waals surface area contributed by atoms with E-state index in [1.807, 2.05) is 0 Å². The SMILES string of the molecule is FCC(F)(F)C(F)(F)C([C](F)F)C(F)(F)F. The molecular weight excluding hydrogens is 262 g/mol. The molecule has 0 aliphatic heterocycles. The van der Waals surface area contributed by atoms with Crippen LogP contribution in [0.2, 0.25) is 0 Å². The highest BCUT2D eigenvalue weighted by Gasteiger charge is 2.72. The van der Waals surface area contributed by atoms with Gasteiger partial charge in [0.1, 0.15) is 0 Å². The zero-order chi connectivity index (χ0) is 13.4. The summed E-state index contributed by atoms with van der Waals surface area (Å²) in [7, 11) is 0. The molecule has 0 aliphatic rings. The zero-order valence-electron chi connectivity index (χ0n) is 7.06. The van der Waals surface area contributed by atoms with Crippen molar-refractivity contribution in [3.8, 4) is 0 Å². The Kier molecular flexibility index (Phi) is 4.10. The van der Waals surface area contributed by atoms with Crippen LogP contribution < -0.4 is 0 Å². The Bertz CT molecular complexity index is 228. The molecule has 0 fully saturated rings. The average molecular weight is 265 g/mol. The quantitative estimate of drug-likeness (QED) is 0.677. The summed E-state index contributed by atoms with van der Waals surface area (Å²) in [6.07, 6.45) is -10.3. The predicted molar refractivity (Wildman–Crippen MR) is 30.9 cm³/mol. The summed E-state index contributed by atoms with van der Waals surface area (Å²) < 4.78 is 119. The zero-order valence-corrected chi connectivity index (χ0v) is 7.06. The topological polar surface area (TPSA) is 0 Å². The highest BCUT2D eigenvalue weighted by Crippen LogP contribution is 2.51. The third kappa shape index (κ3) is 2.70. The molecule has 0 bridgehead atoms. The lowest BCUT2D eigenvalue weighted by Gasteiger charge is -2.31.